The SMILES string of the molecule is CCC(CC)N(CCOC)C(=O)c1coc(Br)c1. The fourth-order valence-electron chi connectivity index (χ4n) is 1.96. The molecule has 0 saturated heterocycles. The topological polar surface area (TPSA) is 42.7 Å². The molecule has 0 fully saturated rings. The predicted molar refractivity (Wildman–Crippen MR) is 73.7 cm³/mol. The Morgan fingerprint density at radius 3 is 2.61 bits per heavy atom. The first-order chi connectivity index (χ1) is 8.63. The van der Waals surface area contributed by atoms with Crippen molar-refractivity contribution in [3.8, 4) is 0 Å². The molecule has 1 aromatic rings. The quantitative estimate of drug-likeness (QED) is 0.774. The van der Waals surface area contributed by atoms with Gasteiger partial charge in [0.05, 0.1) is 12.2 Å². The van der Waals surface area contributed by atoms with Crippen molar-refractivity contribution in [3.63, 3.8) is 0 Å². The summed E-state index contributed by atoms with van der Waals surface area (Å²) >= 11 is 3.21. The first-order valence-electron chi connectivity index (χ1n) is 6.17. The van der Waals surface area contributed by atoms with Crippen molar-refractivity contribution in [2.75, 3.05) is 20.3 Å². The van der Waals surface area contributed by atoms with Gasteiger partial charge in [0.2, 0.25) is 0 Å². The third-order valence-corrected chi connectivity index (χ3v) is 3.41. The van der Waals surface area contributed by atoms with Crippen LogP contribution in [-0.2, 0) is 4.74 Å². The molecule has 0 radical (unpaired) electrons. The minimum atomic E-state index is -0.00444. The van der Waals surface area contributed by atoms with Gasteiger partial charge in [-0.2, -0.15) is 0 Å². The van der Waals surface area contributed by atoms with Gasteiger partial charge in [0.15, 0.2) is 4.67 Å². The molecule has 0 aliphatic heterocycles. The lowest BCUT2D eigenvalue weighted by molar-refractivity contribution is 0.0589. The van der Waals surface area contributed by atoms with Crippen LogP contribution in [0.25, 0.3) is 0 Å². The molecule has 102 valence electrons. The van der Waals surface area contributed by atoms with E-state index in [0.717, 1.165) is 12.8 Å². The molecule has 1 heterocycles. The van der Waals surface area contributed by atoms with Gasteiger partial charge in [-0.3, -0.25) is 4.79 Å². The maximum Gasteiger partial charge on any atom is 0.257 e. The number of ether oxygens (including phenoxy) is 1. The zero-order valence-corrected chi connectivity index (χ0v) is 12.7. The largest absolute Gasteiger partial charge is 0.457 e. The van der Waals surface area contributed by atoms with E-state index in [2.05, 4.69) is 29.8 Å². The zero-order valence-electron chi connectivity index (χ0n) is 11.1. The van der Waals surface area contributed by atoms with Crippen LogP contribution in [0.1, 0.15) is 37.0 Å². The van der Waals surface area contributed by atoms with E-state index in [-0.39, 0.29) is 11.9 Å². The zero-order chi connectivity index (χ0) is 13.5. The van der Waals surface area contributed by atoms with Gasteiger partial charge in [-0.1, -0.05) is 13.8 Å². The molecule has 18 heavy (non-hydrogen) atoms. The Morgan fingerprint density at radius 1 is 1.50 bits per heavy atom. The molecule has 1 aromatic heterocycles. The molecule has 5 heteroatoms. The second-order valence-corrected chi connectivity index (χ2v) is 4.88. The first kappa shape index (κ1) is 15.2. The molecule has 0 aliphatic carbocycles. The maximum absolute atomic E-state index is 12.4. The Morgan fingerprint density at radius 2 is 2.17 bits per heavy atom. The van der Waals surface area contributed by atoms with Crippen molar-refractivity contribution >= 4 is 21.8 Å². The summed E-state index contributed by atoms with van der Waals surface area (Å²) in [5.41, 5.74) is 0.574. The number of carbonyl (C=O) groups is 1. The Balaban J connectivity index is 2.84. The minimum Gasteiger partial charge on any atom is -0.457 e. The van der Waals surface area contributed by atoms with E-state index in [4.69, 9.17) is 9.15 Å². The Bertz CT molecular complexity index is 374. The molecule has 0 bridgehead atoms. The molecular formula is C13H20BrNO3. The van der Waals surface area contributed by atoms with Gasteiger partial charge in [-0.05, 0) is 28.8 Å². The average Bonchev–Trinajstić information content (AvgIpc) is 2.80. The standard InChI is InChI=1S/C13H20BrNO3/c1-4-11(5-2)15(6-7-17-3)13(16)10-8-12(14)18-9-10/h8-9,11H,4-7H2,1-3H3. The third-order valence-electron chi connectivity index (χ3n) is 2.99. The van der Waals surface area contributed by atoms with Crippen LogP contribution in [0.4, 0.5) is 0 Å². The number of halogens is 1. The summed E-state index contributed by atoms with van der Waals surface area (Å²) in [6, 6.07) is 1.94. The van der Waals surface area contributed by atoms with Gasteiger partial charge in [-0.25, -0.2) is 0 Å². The average molecular weight is 318 g/mol. The van der Waals surface area contributed by atoms with Crippen LogP contribution in [0.2, 0.25) is 0 Å². The lowest BCUT2D eigenvalue weighted by Crippen LogP contribution is -2.41. The van der Waals surface area contributed by atoms with Crippen LogP contribution >= 0.6 is 15.9 Å². The summed E-state index contributed by atoms with van der Waals surface area (Å²) in [6.45, 7) is 5.32. The molecule has 4 nitrogen and oxygen atoms in total. The van der Waals surface area contributed by atoms with Crippen LogP contribution < -0.4 is 0 Å². The fourth-order valence-corrected chi connectivity index (χ4v) is 2.30. The number of hydrogen-bond acceptors (Lipinski definition) is 3. The van der Waals surface area contributed by atoms with E-state index in [9.17, 15) is 4.79 Å². The number of rotatable bonds is 7. The monoisotopic (exact) mass is 317 g/mol. The lowest BCUT2D eigenvalue weighted by atomic mass is 10.1. The number of amides is 1. The van der Waals surface area contributed by atoms with Gasteiger partial charge >= 0.3 is 0 Å². The summed E-state index contributed by atoms with van der Waals surface area (Å²) in [4.78, 5) is 14.3. The Hall–Kier alpha value is -0.810. The van der Waals surface area contributed by atoms with Crippen molar-refractivity contribution in [3.05, 3.63) is 22.6 Å². The van der Waals surface area contributed by atoms with Gasteiger partial charge in [0.25, 0.3) is 5.91 Å². The summed E-state index contributed by atoms with van der Waals surface area (Å²) in [7, 11) is 1.64. The van der Waals surface area contributed by atoms with Gasteiger partial charge in [-0.15, -0.1) is 0 Å². The molecule has 0 spiro atoms. The van der Waals surface area contributed by atoms with Crippen molar-refractivity contribution in [2.24, 2.45) is 0 Å². The van der Waals surface area contributed by atoms with Crippen LogP contribution in [0.15, 0.2) is 21.4 Å². The second-order valence-electron chi connectivity index (χ2n) is 4.10. The van der Waals surface area contributed by atoms with E-state index in [0.29, 0.717) is 23.4 Å². The summed E-state index contributed by atoms with van der Waals surface area (Å²) in [5.74, 6) is -0.00444. The van der Waals surface area contributed by atoms with E-state index in [1.165, 1.54) is 6.26 Å². The molecule has 0 saturated carbocycles. The van der Waals surface area contributed by atoms with Crippen molar-refractivity contribution < 1.29 is 13.9 Å². The molecule has 0 aliphatic rings. The van der Waals surface area contributed by atoms with E-state index < -0.39 is 0 Å². The van der Waals surface area contributed by atoms with Crippen LogP contribution in [0, 0.1) is 0 Å². The molecule has 0 N–H and O–H groups in total. The number of methoxy groups -OCH3 is 1. The van der Waals surface area contributed by atoms with E-state index in [1.54, 1.807) is 13.2 Å². The van der Waals surface area contributed by atoms with Gasteiger partial charge < -0.3 is 14.1 Å². The number of nitrogens with zero attached hydrogens (tertiary/aromatic N) is 1. The third kappa shape index (κ3) is 3.85. The highest BCUT2D eigenvalue weighted by Crippen LogP contribution is 2.18. The summed E-state index contributed by atoms with van der Waals surface area (Å²) in [6.07, 6.45) is 3.35. The second kappa shape index (κ2) is 7.59. The normalized spacial score (nSPS) is 10.9. The molecule has 1 rings (SSSR count). The van der Waals surface area contributed by atoms with Crippen LogP contribution in [-0.4, -0.2) is 37.1 Å². The number of hydrogen-bond donors (Lipinski definition) is 0. The molecular weight excluding hydrogens is 298 g/mol. The van der Waals surface area contributed by atoms with E-state index in [1.807, 2.05) is 4.90 Å². The molecule has 0 aromatic carbocycles. The lowest BCUT2D eigenvalue weighted by Gasteiger charge is -2.30. The minimum absolute atomic E-state index is 0.00444. The van der Waals surface area contributed by atoms with Crippen LogP contribution in [0.5, 0.6) is 0 Å². The van der Waals surface area contributed by atoms with E-state index >= 15 is 0 Å². The molecule has 1 amide bonds. The smallest absolute Gasteiger partial charge is 0.257 e. The fraction of sp³-hybridized carbons (Fsp3) is 0.615. The molecule has 0 atom stereocenters. The van der Waals surface area contributed by atoms with Crippen molar-refractivity contribution in [1.29, 1.82) is 0 Å². The number of carbonyl (C=O) groups excluding carboxylic acids is 1. The highest BCUT2D eigenvalue weighted by atomic mass is 79.9. The molecule has 0 unspecified atom stereocenters. The Labute approximate surface area is 116 Å². The van der Waals surface area contributed by atoms with Gasteiger partial charge in [0.1, 0.15) is 6.26 Å². The van der Waals surface area contributed by atoms with Crippen molar-refractivity contribution in [2.45, 2.75) is 32.7 Å². The number of furan rings is 1. The van der Waals surface area contributed by atoms with Gasteiger partial charge in [0, 0.05) is 25.8 Å². The first-order valence-corrected chi connectivity index (χ1v) is 6.97. The maximum atomic E-state index is 12.4. The highest BCUT2D eigenvalue weighted by Gasteiger charge is 2.23. The Kier molecular flexibility index (Phi) is 6.43. The predicted octanol–water partition coefficient (Wildman–Crippen LogP) is 3.32. The van der Waals surface area contributed by atoms with Crippen molar-refractivity contribution in [1.82, 2.24) is 4.90 Å². The highest BCUT2D eigenvalue weighted by molar-refractivity contribution is 9.10. The summed E-state index contributed by atoms with van der Waals surface area (Å²) in [5, 5.41) is 0. The summed E-state index contributed by atoms with van der Waals surface area (Å²) < 4.78 is 10.8. The van der Waals surface area contributed by atoms with Crippen LogP contribution in [0.3, 0.4) is 0 Å².